The third-order valence-electron chi connectivity index (χ3n) is 4.74. The maximum atomic E-state index is 13.3. The number of para-hydroxylation sites is 1. The first-order valence-corrected chi connectivity index (χ1v) is 10.4. The van der Waals surface area contributed by atoms with Gasteiger partial charge in [0.05, 0.1) is 20.9 Å². The number of aromatic nitrogens is 4. The summed E-state index contributed by atoms with van der Waals surface area (Å²) in [5.74, 6) is -0.750. The van der Waals surface area contributed by atoms with Crippen LogP contribution in [0, 0.1) is 5.82 Å². The van der Waals surface area contributed by atoms with E-state index in [1.807, 2.05) is 5.38 Å². The Morgan fingerprint density at radius 2 is 1.94 bits per heavy atom. The smallest absolute Gasteiger partial charge is 0.323 e. The largest absolute Gasteiger partial charge is 0.352 e. The maximum absolute atomic E-state index is 13.3. The number of nitrogens with one attached hydrogen (secondary N) is 1. The van der Waals surface area contributed by atoms with Crippen LogP contribution in [-0.2, 0) is 11.3 Å². The lowest BCUT2D eigenvalue weighted by Gasteiger charge is -2.06. The topological polar surface area (TPSA) is 81.3 Å². The van der Waals surface area contributed by atoms with Crippen LogP contribution in [0.3, 0.4) is 0 Å². The van der Waals surface area contributed by atoms with Crippen LogP contribution < -0.4 is 11.0 Å². The third-order valence-corrected chi connectivity index (χ3v) is 6.03. The zero-order valence-corrected chi connectivity index (χ0v) is 17.3. The summed E-state index contributed by atoms with van der Waals surface area (Å²) < 4.78 is 16.3. The number of nitrogens with zero attached hydrogens (tertiary/aromatic N) is 4. The number of fused-ring (bicyclic) bond motifs is 3. The number of rotatable bonds is 4. The van der Waals surface area contributed by atoms with Gasteiger partial charge in [0.2, 0.25) is 5.91 Å². The normalized spacial score (nSPS) is 11.3. The van der Waals surface area contributed by atoms with Gasteiger partial charge in [-0.05, 0) is 29.8 Å². The molecule has 0 unspecified atom stereocenters. The van der Waals surface area contributed by atoms with Gasteiger partial charge in [-0.15, -0.1) is 16.4 Å². The lowest BCUT2D eigenvalue weighted by Crippen LogP contribution is -2.28. The van der Waals surface area contributed by atoms with E-state index in [1.165, 1.54) is 34.2 Å². The Kier molecular flexibility index (Phi) is 4.76. The Balaban J connectivity index is 1.51. The zero-order chi connectivity index (χ0) is 21.5. The summed E-state index contributed by atoms with van der Waals surface area (Å²) in [5, 5.41) is 9.31. The van der Waals surface area contributed by atoms with Crippen molar-refractivity contribution in [3.05, 3.63) is 81.6 Å². The van der Waals surface area contributed by atoms with Gasteiger partial charge in [-0.1, -0.05) is 35.9 Å². The van der Waals surface area contributed by atoms with Gasteiger partial charge in [-0.25, -0.2) is 23.3 Å². The van der Waals surface area contributed by atoms with Crippen molar-refractivity contribution in [2.75, 3.05) is 5.32 Å². The molecule has 0 spiro atoms. The molecule has 0 radical (unpaired) electrons. The fraction of sp³-hybridized carbons (Fsp3) is 0.0476. The predicted octanol–water partition coefficient (Wildman–Crippen LogP) is 4.20. The molecule has 7 nitrogen and oxygen atoms in total. The molecule has 0 aliphatic heterocycles. The standard InChI is InChI=1S/C21H13ClFN5O2S/c22-15-3-1-2-4-16(15)25-17(29)9-28-21(30)27-11-24-18-14(10-31-19(18)20(27)26-28)12-5-7-13(23)8-6-12/h1-8,10-11H,9H2,(H,25,29). The highest BCUT2D eigenvalue weighted by molar-refractivity contribution is 7.18. The fourth-order valence-corrected chi connectivity index (χ4v) is 4.44. The monoisotopic (exact) mass is 453 g/mol. The molecule has 0 atom stereocenters. The number of amides is 1. The van der Waals surface area contributed by atoms with Crippen molar-refractivity contribution < 1.29 is 9.18 Å². The predicted molar refractivity (Wildman–Crippen MR) is 118 cm³/mol. The fourth-order valence-electron chi connectivity index (χ4n) is 3.26. The van der Waals surface area contributed by atoms with Crippen LogP contribution in [0.1, 0.15) is 0 Å². The number of carbonyl (C=O) groups is 1. The average Bonchev–Trinajstić information content (AvgIpc) is 3.32. The third kappa shape index (κ3) is 3.47. The van der Waals surface area contributed by atoms with E-state index in [9.17, 15) is 14.0 Å². The molecule has 3 aromatic heterocycles. The molecule has 154 valence electrons. The van der Waals surface area contributed by atoms with Gasteiger partial charge >= 0.3 is 5.69 Å². The molecule has 10 heteroatoms. The van der Waals surface area contributed by atoms with E-state index < -0.39 is 11.6 Å². The maximum Gasteiger partial charge on any atom is 0.352 e. The molecule has 0 aliphatic carbocycles. The van der Waals surface area contributed by atoms with Crippen molar-refractivity contribution in [2.45, 2.75) is 6.54 Å². The molecule has 0 aliphatic rings. The molecule has 1 amide bonds. The first-order valence-electron chi connectivity index (χ1n) is 9.17. The number of benzene rings is 2. The minimum absolute atomic E-state index is 0.274. The van der Waals surface area contributed by atoms with Crippen molar-refractivity contribution in [1.29, 1.82) is 0 Å². The van der Waals surface area contributed by atoms with Gasteiger partial charge in [0.1, 0.15) is 18.7 Å². The van der Waals surface area contributed by atoms with E-state index in [1.54, 1.807) is 36.4 Å². The summed E-state index contributed by atoms with van der Waals surface area (Å²) in [7, 11) is 0. The van der Waals surface area contributed by atoms with Crippen LogP contribution in [0.25, 0.3) is 27.0 Å². The van der Waals surface area contributed by atoms with Gasteiger partial charge in [-0.2, -0.15) is 0 Å². The molecule has 3 heterocycles. The quantitative estimate of drug-likeness (QED) is 0.442. The summed E-state index contributed by atoms with van der Waals surface area (Å²) in [6, 6.07) is 12.9. The van der Waals surface area contributed by atoms with Gasteiger partial charge in [-0.3, -0.25) is 4.79 Å². The van der Waals surface area contributed by atoms with Crippen LogP contribution >= 0.6 is 22.9 Å². The van der Waals surface area contributed by atoms with Crippen LogP contribution in [0.4, 0.5) is 10.1 Å². The number of carbonyl (C=O) groups excluding carboxylic acids is 1. The number of halogens is 2. The molecular weight excluding hydrogens is 441 g/mol. The Labute approximate surface area is 183 Å². The molecular formula is C21H13ClFN5O2S. The molecule has 1 N–H and O–H groups in total. The Hall–Kier alpha value is -3.56. The Morgan fingerprint density at radius 3 is 2.71 bits per heavy atom. The molecule has 0 saturated heterocycles. The lowest BCUT2D eigenvalue weighted by atomic mass is 10.1. The van der Waals surface area contributed by atoms with E-state index in [0.717, 1.165) is 15.8 Å². The number of hydrogen-bond donors (Lipinski definition) is 1. The van der Waals surface area contributed by atoms with Gasteiger partial charge in [0.15, 0.2) is 5.65 Å². The zero-order valence-electron chi connectivity index (χ0n) is 15.8. The molecule has 0 fully saturated rings. The number of thiophene rings is 1. The summed E-state index contributed by atoms with van der Waals surface area (Å²) in [4.78, 5) is 29.6. The average molecular weight is 454 g/mol. The molecule has 2 aromatic carbocycles. The minimum Gasteiger partial charge on any atom is -0.323 e. The summed E-state index contributed by atoms with van der Waals surface area (Å²) >= 11 is 7.44. The first-order chi connectivity index (χ1) is 15.0. The van der Waals surface area contributed by atoms with Crippen molar-refractivity contribution >= 4 is 50.4 Å². The van der Waals surface area contributed by atoms with Crippen LogP contribution in [0.2, 0.25) is 5.02 Å². The second kappa shape index (κ2) is 7.60. The Morgan fingerprint density at radius 1 is 1.16 bits per heavy atom. The van der Waals surface area contributed by atoms with Crippen LogP contribution in [-0.4, -0.2) is 25.1 Å². The second-order valence-corrected chi connectivity index (χ2v) is 8.03. The van der Waals surface area contributed by atoms with E-state index in [4.69, 9.17) is 11.6 Å². The summed E-state index contributed by atoms with van der Waals surface area (Å²) in [6.45, 7) is -0.274. The summed E-state index contributed by atoms with van der Waals surface area (Å²) in [6.07, 6.45) is 1.38. The van der Waals surface area contributed by atoms with Crippen LogP contribution in [0.15, 0.2) is 65.0 Å². The van der Waals surface area contributed by atoms with Crippen molar-refractivity contribution in [3.8, 4) is 11.1 Å². The van der Waals surface area contributed by atoms with E-state index >= 15 is 0 Å². The highest BCUT2D eigenvalue weighted by atomic mass is 35.5. The minimum atomic E-state index is -0.476. The van der Waals surface area contributed by atoms with Gasteiger partial charge in [0.25, 0.3) is 0 Å². The number of hydrogen-bond acceptors (Lipinski definition) is 5. The highest BCUT2D eigenvalue weighted by Gasteiger charge is 2.17. The lowest BCUT2D eigenvalue weighted by molar-refractivity contribution is -0.117. The SMILES string of the molecule is O=C(Cn1nc2c3scc(-c4ccc(F)cc4)c3ncn2c1=O)Nc1ccccc1Cl. The Bertz CT molecular complexity index is 1510. The summed E-state index contributed by atoms with van der Waals surface area (Å²) in [5.41, 5.74) is 2.67. The highest BCUT2D eigenvalue weighted by Crippen LogP contribution is 2.34. The molecule has 5 rings (SSSR count). The number of anilines is 1. The molecule has 31 heavy (non-hydrogen) atoms. The molecule has 0 bridgehead atoms. The van der Waals surface area contributed by atoms with E-state index in [0.29, 0.717) is 26.6 Å². The molecule has 0 saturated carbocycles. The van der Waals surface area contributed by atoms with Crippen molar-refractivity contribution in [1.82, 2.24) is 19.2 Å². The van der Waals surface area contributed by atoms with Gasteiger partial charge < -0.3 is 5.32 Å². The van der Waals surface area contributed by atoms with Gasteiger partial charge in [0, 0.05) is 10.9 Å². The van der Waals surface area contributed by atoms with E-state index in [2.05, 4.69) is 15.4 Å². The van der Waals surface area contributed by atoms with Crippen molar-refractivity contribution in [2.24, 2.45) is 0 Å². The van der Waals surface area contributed by atoms with Crippen molar-refractivity contribution in [3.63, 3.8) is 0 Å². The van der Waals surface area contributed by atoms with E-state index in [-0.39, 0.29) is 12.4 Å². The molecule has 5 aromatic rings. The first kappa shape index (κ1) is 19.4. The second-order valence-electron chi connectivity index (χ2n) is 6.74. The van der Waals surface area contributed by atoms with Crippen LogP contribution in [0.5, 0.6) is 0 Å².